The van der Waals surface area contributed by atoms with Gasteiger partial charge in [0.05, 0.1) is 6.34 Å². The Kier molecular flexibility index (Phi) is 4.20. The van der Waals surface area contributed by atoms with Gasteiger partial charge in [-0.3, -0.25) is 5.32 Å². The van der Waals surface area contributed by atoms with E-state index in [-0.39, 0.29) is 6.17 Å². The summed E-state index contributed by atoms with van der Waals surface area (Å²) in [5, 5.41) is 5.16. The summed E-state index contributed by atoms with van der Waals surface area (Å²) in [6, 6.07) is 0.988. The van der Waals surface area contributed by atoms with Gasteiger partial charge in [0, 0.05) is 29.6 Å². The maximum atomic E-state index is 6.07. The van der Waals surface area contributed by atoms with Crippen LogP contribution in [0, 0.1) is 5.92 Å². The van der Waals surface area contributed by atoms with Gasteiger partial charge < -0.3 is 10.6 Å². The molecule has 1 aromatic heterocycles. The van der Waals surface area contributed by atoms with Crippen molar-refractivity contribution in [3.8, 4) is 0 Å². The zero-order valence-electron chi connectivity index (χ0n) is 14.2. The van der Waals surface area contributed by atoms with E-state index in [1.54, 1.807) is 10.4 Å². The molecule has 0 aromatic carbocycles. The first-order valence-electron chi connectivity index (χ1n) is 9.04. The lowest BCUT2D eigenvalue weighted by Crippen LogP contribution is -2.45. The predicted molar refractivity (Wildman–Crippen MR) is 97.5 cm³/mol. The standard InChI is InChI=1S/C18H28N4S/c1-11-3-8-15-14(9-11)16-17(22(2)10-20-18(16)23-15)21-13-6-4-12(19)5-7-13/h10-13,17,21H,3-9,19H2,1-2H3/t11-,12?,13?,17?/m1/s1. The smallest absolute Gasteiger partial charge is 0.124 e. The van der Waals surface area contributed by atoms with Crippen LogP contribution in [0.2, 0.25) is 0 Å². The minimum absolute atomic E-state index is 0.284. The van der Waals surface area contributed by atoms with E-state index in [0.717, 1.165) is 18.8 Å². The quantitative estimate of drug-likeness (QED) is 0.873. The second-order valence-electron chi connectivity index (χ2n) is 7.66. The Labute approximate surface area is 143 Å². The fraction of sp³-hybridized carbons (Fsp3) is 0.722. The summed E-state index contributed by atoms with van der Waals surface area (Å²) in [6.07, 6.45) is 10.7. The van der Waals surface area contributed by atoms with Gasteiger partial charge >= 0.3 is 0 Å². The van der Waals surface area contributed by atoms with E-state index in [9.17, 15) is 0 Å². The summed E-state index contributed by atoms with van der Waals surface area (Å²) < 4.78 is 0. The fourth-order valence-electron chi connectivity index (χ4n) is 4.27. The Bertz CT molecular complexity index is 600. The Morgan fingerprint density at radius 1 is 1.26 bits per heavy atom. The second-order valence-corrected chi connectivity index (χ2v) is 8.75. The highest BCUT2D eigenvalue weighted by molar-refractivity contribution is 7.16. The van der Waals surface area contributed by atoms with Gasteiger partial charge in [0.2, 0.25) is 0 Å². The van der Waals surface area contributed by atoms with Gasteiger partial charge in [0.25, 0.3) is 0 Å². The first-order chi connectivity index (χ1) is 11.1. The van der Waals surface area contributed by atoms with Gasteiger partial charge in [-0.1, -0.05) is 6.92 Å². The molecule has 2 atom stereocenters. The molecule has 4 rings (SSSR count). The first kappa shape index (κ1) is 15.6. The Morgan fingerprint density at radius 3 is 2.83 bits per heavy atom. The van der Waals surface area contributed by atoms with Crippen LogP contribution in [0.15, 0.2) is 4.99 Å². The molecule has 1 unspecified atom stereocenters. The normalized spacial score (nSPS) is 33.4. The van der Waals surface area contributed by atoms with Crippen molar-refractivity contribution in [2.45, 2.75) is 70.1 Å². The Hall–Kier alpha value is -0.910. The lowest BCUT2D eigenvalue weighted by Gasteiger charge is -2.37. The number of aryl methyl sites for hydroxylation is 1. The number of nitrogens with zero attached hydrogens (tertiary/aromatic N) is 2. The maximum absolute atomic E-state index is 6.07. The van der Waals surface area contributed by atoms with Crippen LogP contribution in [-0.4, -0.2) is 30.4 Å². The van der Waals surface area contributed by atoms with Crippen LogP contribution in [0.4, 0.5) is 5.00 Å². The lowest BCUT2D eigenvalue weighted by molar-refractivity contribution is 0.240. The fourth-order valence-corrected chi connectivity index (χ4v) is 5.48. The summed E-state index contributed by atoms with van der Waals surface area (Å²) in [7, 11) is 2.15. The van der Waals surface area contributed by atoms with Crippen molar-refractivity contribution in [3.63, 3.8) is 0 Å². The molecule has 1 fully saturated rings. The van der Waals surface area contributed by atoms with E-state index in [2.05, 4.69) is 24.2 Å². The van der Waals surface area contributed by atoms with Crippen LogP contribution in [-0.2, 0) is 12.8 Å². The number of aliphatic imine (C=N–C) groups is 1. The van der Waals surface area contributed by atoms with Gasteiger partial charge in [0.15, 0.2) is 0 Å². The number of fused-ring (bicyclic) bond motifs is 3. The van der Waals surface area contributed by atoms with Crippen molar-refractivity contribution in [2.75, 3.05) is 7.05 Å². The molecular weight excluding hydrogens is 304 g/mol. The third-order valence-electron chi connectivity index (χ3n) is 5.73. The minimum Gasteiger partial charge on any atom is -0.346 e. The highest BCUT2D eigenvalue weighted by Gasteiger charge is 2.33. The zero-order valence-corrected chi connectivity index (χ0v) is 15.0. The van der Waals surface area contributed by atoms with Gasteiger partial charge in [-0.15, -0.1) is 11.3 Å². The van der Waals surface area contributed by atoms with Crippen molar-refractivity contribution in [1.29, 1.82) is 0 Å². The van der Waals surface area contributed by atoms with Crippen LogP contribution in [0.5, 0.6) is 0 Å². The number of hydrogen-bond acceptors (Lipinski definition) is 5. The molecule has 0 bridgehead atoms. The zero-order chi connectivity index (χ0) is 16.0. The minimum atomic E-state index is 0.284. The third kappa shape index (κ3) is 2.94. The van der Waals surface area contributed by atoms with Crippen molar-refractivity contribution in [2.24, 2.45) is 16.6 Å². The number of thiophene rings is 1. The topological polar surface area (TPSA) is 53.6 Å². The number of nitrogens with two attached hydrogens (primary N) is 1. The van der Waals surface area contributed by atoms with Crippen molar-refractivity contribution < 1.29 is 0 Å². The molecule has 0 spiro atoms. The maximum Gasteiger partial charge on any atom is 0.124 e. The summed E-state index contributed by atoms with van der Waals surface area (Å²) >= 11 is 1.92. The molecule has 1 saturated carbocycles. The van der Waals surface area contributed by atoms with Gasteiger partial charge in [0.1, 0.15) is 11.2 Å². The Balaban J connectivity index is 1.61. The SMILES string of the molecule is C[C@@H]1CCc2sc3c(c2C1)C(NC1CCC(N)CC1)N(C)C=N3. The van der Waals surface area contributed by atoms with Crippen LogP contribution in [0.1, 0.15) is 61.2 Å². The molecule has 5 heteroatoms. The van der Waals surface area contributed by atoms with E-state index in [4.69, 9.17) is 10.7 Å². The molecule has 126 valence electrons. The molecule has 1 aromatic rings. The van der Waals surface area contributed by atoms with E-state index in [1.165, 1.54) is 42.7 Å². The van der Waals surface area contributed by atoms with Crippen LogP contribution in [0.3, 0.4) is 0 Å². The van der Waals surface area contributed by atoms with Crippen molar-refractivity contribution in [3.05, 3.63) is 16.0 Å². The summed E-state index contributed by atoms with van der Waals surface area (Å²) in [5.74, 6) is 0.797. The largest absolute Gasteiger partial charge is 0.346 e. The predicted octanol–water partition coefficient (Wildman–Crippen LogP) is 3.34. The number of nitrogens with one attached hydrogen (secondary N) is 1. The van der Waals surface area contributed by atoms with Crippen LogP contribution in [0.25, 0.3) is 0 Å². The van der Waals surface area contributed by atoms with Crippen LogP contribution >= 0.6 is 11.3 Å². The highest BCUT2D eigenvalue weighted by atomic mass is 32.1. The molecule has 4 nitrogen and oxygen atoms in total. The second kappa shape index (κ2) is 6.19. The molecule has 1 aliphatic heterocycles. The van der Waals surface area contributed by atoms with Gasteiger partial charge in [-0.25, -0.2) is 4.99 Å². The van der Waals surface area contributed by atoms with Crippen molar-refractivity contribution in [1.82, 2.24) is 10.2 Å². The van der Waals surface area contributed by atoms with E-state index >= 15 is 0 Å². The molecule has 2 aliphatic carbocycles. The van der Waals surface area contributed by atoms with Gasteiger partial charge in [-0.2, -0.15) is 0 Å². The molecule has 0 saturated heterocycles. The first-order valence-corrected chi connectivity index (χ1v) is 9.85. The average Bonchev–Trinajstić information content (AvgIpc) is 2.90. The monoisotopic (exact) mass is 332 g/mol. The summed E-state index contributed by atoms with van der Waals surface area (Å²) in [4.78, 5) is 8.55. The van der Waals surface area contributed by atoms with Gasteiger partial charge in [-0.05, 0) is 56.4 Å². The molecule has 3 aliphatic rings. The molecule has 2 heterocycles. The summed E-state index contributed by atoms with van der Waals surface area (Å²) in [5.41, 5.74) is 9.13. The number of hydrogen-bond donors (Lipinski definition) is 2. The van der Waals surface area contributed by atoms with E-state index in [1.807, 2.05) is 17.7 Å². The Morgan fingerprint density at radius 2 is 2.04 bits per heavy atom. The van der Waals surface area contributed by atoms with E-state index in [0.29, 0.717) is 12.1 Å². The average molecular weight is 333 g/mol. The van der Waals surface area contributed by atoms with Crippen molar-refractivity contribution >= 4 is 22.7 Å². The van der Waals surface area contributed by atoms with Crippen LogP contribution < -0.4 is 11.1 Å². The molecule has 0 radical (unpaired) electrons. The van der Waals surface area contributed by atoms with E-state index < -0.39 is 0 Å². The molecule has 23 heavy (non-hydrogen) atoms. The summed E-state index contributed by atoms with van der Waals surface area (Å²) in [6.45, 7) is 2.38. The molecule has 0 amide bonds. The molecular formula is C18H28N4S. The highest BCUT2D eigenvalue weighted by Crippen LogP contribution is 2.46. The molecule has 3 N–H and O–H groups in total. The number of rotatable bonds is 2. The lowest BCUT2D eigenvalue weighted by atomic mass is 9.86. The third-order valence-corrected chi connectivity index (χ3v) is 6.95.